The molecule has 1 aromatic heterocycles. The van der Waals surface area contributed by atoms with Crippen LogP contribution in [-0.2, 0) is 14.8 Å². The third-order valence-corrected chi connectivity index (χ3v) is 5.05. The Balaban J connectivity index is 2.53. The zero-order chi connectivity index (χ0) is 16.2. The second-order valence-electron chi connectivity index (χ2n) is 3.78. The molecule has 0 fully saturated rings. The Kier molecular flexibility index (Phi) is 5.34. The molecule has 0 atom stereocenters. The minimum atomic E-state index is -3.86. The number of nitrogens with zero attached hydrogens (tertiary/aromatic N) is 3. The molecule has 2 rings (SSSR count). The molecule has 0 saturated carbocycles. The predicted molar refractivity (Wildman–Crippen MR) is 90.7 cm³/mol. The van der Waals surface area contributed by atoms with E-state index in [1.54, 1.807) is 5.38 Å². The normalized spacial score (nSPS) is 21.6. The van der Waals surface area contributed by atoms with E-state index < -0.39 is 15.1 Å². The van der Waals surface area contributed by atoms with E-state index >= 15 is 0 Å². The largest absolute Gasteiger partial charge is 0.282 e. The molecular formula is C11H8N4O3S4. The predicted octanol–water partition coefficient (Wildman–Crippen LogP) is 2.07. The Labute approximate surface area is 141 Å². The Morgan fingerprint density at radius 1 is 1.41 bits per heavy atom. The number of allylic oxidation sites excluding steroid dienone is 2. The zero-order valence-corrected chi connectivity index (χ0v) is 14.0. The minimum absolute atomic E-state index is 0.0523. The molecule has 0 bridgehead atoms. The Morgan fingerprint density at radius 2 is 2.18 bits per heavy atom. The highest BCUT2D eigenvalue weighted by Gasteiger charge is 2.22. The van der Waals surface area contributed by atoms with Crippen LogP contribution in [0.4, 0.5) is 0 Å². The molecule has 1 N–H and O–H groups in total. The maximum absolute atomic E-state index is 12.3. The van der Waals surface area contributed by atoms with Gasteiger partial charge >= 0.3 is 0 Å². The standard InChI is InChI=1S/C11H8N4O3S4/c16-11(20)9-8(2-1-4-12-15-13-10(9)19)14-22(17,18)7-3-5-21-6-7/h1-6,14H,(H,16,20)/b2-1+,9-8-,12-4-,15-13?. The maximum Gasteiger partial charge on any atom is 0.262 e. The number of thiocarbonyl (C=S) groups is 1. The number of hydrogen-bond acceptors (Lipinski definition) is 7. The van der Waals surface area contributed by atoms with E-state index in [2.05, 4.69) is 32.8 Å². The number of carbonyl (C=O) groups excluding carboxylic acids is 1. The van der Waals surface area contributed by atoms with Crippen LogP contribution in [0.5, 0.6) is 0 Å². The molecule has 1 aliphatic rings. The lowest BCUT2D eigenvalue weighted by molar-refractivity contribution is -0.107. The summed E-state index contributed by atoms with van der Waals surface area (Å²) in [4.78, 5) is 11.5. The summed E-state index contributed by atoms with van der Waals surface area (Å²) in [5.41, 5.74) is -0.230. The molecule has 0 radical (unpaired) electrons. The van der Waals surface area contributed by atoms with Crippen molar-refractivity contribution in [2.75, 3.05) is 0 Å². The van der Waals surface area contributed by atoms with Crippen LogP contribution in [-0.4, -0.2) is 24.7 Å². The highest BCUT2D eigenvalue weighted by Crippen LogP contribution is 2.18. The van der Waals surface area contributed by atoms with Crippen molar-refractivity contribution < 1.29 is 13.2 Å². The van der Waals surface area contributed by atoms with E-state index in [0.29, 0.717) is 0 Å². The first kappa shape index (κ1) is 16.7. The minimum Gasteiger partial charge on any atom is -0.282 e. The van der Waals surface area contributed by atoms with Gasteiger partial charge in [-0.05, 0) is 28.8 Å². The van der Waals surface area contributed by atoms with Crippen molar-refractivity contribution in [3.05, 3.63) is 40.2 Å². The molecule has 1 aliphatic heterocycles. The van der Waals surface area contributed by atoms with Gasteiger partial charge in [-0.2, -0.15) is 11.3 Å². The molecule has 0 aliphatic carbocycles. The quantitative estimate of drug-likeness (QED) is 0.624. The van der Waals surface area contributed by atoms with Crippen LogP contribution in [0.25, 0.3) is 0 Å². The van der Waals surface area contributed by atoms with Gasteiger partial charge in [-0.15, -0.1) is 22.8 Å². The van der Waals surface area contributed by atoms with Gasteiger partial charge in [-0.1, -0.05) is 12.2 Å². The Hall–Kier alpha value is -1.69. The van der Waals surface area contributed by atoms with Gasteiger partial charge in [0.15, 0.2) is 4.99 Å². The summed E-state index contributed by atoms with van der Waals surface area (Å²) in [6.45, 7) is 0. The molecule has 0 saturated heterocycles. The summed E-state index contributed by atoms with van der Waals surface area (Å²) in [5, 5.41) is 12.8. The number of rotatable bonds is 4. The van der Waals surface area contributed by atoms with Crippen molar-refractivity contribution in [3.63, 3.8) is 0 Å². The van der Waals surface area contributed by atoms with Crippen LogP contribution < -0.4 is 4.72 Å². The monoisotopic (exact) mass is 372 g/mol. The third kappa shape index (κ3) is 3.94. The van der Waals surface area contributed by atoms with Crippen LogP contribution in [0.1, 0.15) is 0 Å². The van der Waals surface area contributed by atoms with Gasteiger partial charge < -0.3 is 0 Å². The fraction of sp³-hybridized carbons (Fsp3) is 0. The molecule has 0 amide bonds. The van der Waals surface area contributed by atoms with Gasteiger partial charge in [0, 0.05) is 5.38 Å². The van der Waals surface area contributed by atoms with E-state index in [1.807, 2.05) is 0 Å². The lowest BCUT2D eigenvalue weighted by Gasteiger charge is -2.11. The van der Waals surface area contributed by atoms with Gasteiger partial charge in [0.2, 0.25) is 5.12 Å². The average molecular weight is 372 g/mol. The lowest BCUT2D eigenvalue weighted by atomic mass is 10.2. The number of sulfonamides is 1. The molecule has 0 aromatic carbocycles. The molecule has 114 valence electrons. The highest BCUT2D eigenvalue weighted by atomic mass is 32.2. The van der Waals surface area contributed by atoms with E-state index in [1.165, 1.54) is 41.1 Å². The summed E-state index contributed by atoms with van der Waals surface area (Å²) in [5.74, 6) is 0. The van der Waals surface area contributed by atoms with Crippen molar-refractivity contribution >= 4 is 62.5 Å². The fourth-order valence-corrected chi connectivity index (χ4v) is 4.06. The molecule has 0 unspecified atom stereocenters. The van der Waals surface area contributed by atoms with Crippen LogP contribution in [0.2, 0.25) is 0 Å². The van der Waals surface area contributed by atoms with Gasteiger partial charge in [0.1, 0.15) is 0 Å². The van der Waals surface area contributed by atoms with Crippen molar-refractivity contribution in [2.45, 2.75) is 4.90 Å². The molecule has 11 heteroatoms. The SMILES string of the molecule is O=C(S)/C1=C(NS(=O)(=O)c2ccsc2)/C=C/C=N\N=NC1=S. The molecule has 0 spiro atoms. The van der Waals surface area contributed by atoms with Crippen LogP contribution >= 0.6 is 36.2 Å². The van der Waals surface area contributed by atoms with Crippen LogP contribution in [0.15, 0.2) is 60.6 Å². The van der Waals surface area contributed by atoms with Gasteiger partial charge in [0.25, 0.3) is 10.0 Å². The molecule has 7 nitrogen and oxygen atoms in total. The van der Waals surface area contributed by atoms with Crippen LogP contribution in [0, 0.1) is 0 Å². The number of nitrogens with one attached hydrogen (secondary N) is 1. The second kappa shape index (κ2) is 7.05. The van der Waals surface area contributed by atoms with E-state index in [9.17, 15) is 13.2 Å². The van der Waals surface area contributed by atoms with Crippen LogP contribution in [0.3, 0.4) is 0 Å². The first-order valence-corrected chi connectivity index (χ1v) is 8.87. The smallest absolute Gasteiger partial charge is 0.262 e. The highest BCUT2D eigenvalue weighted by molar-refractivity contribution is 7.97. The Morgan fingerprint density at radius 3 is 2.82 bits per heavy atom. The number of hydrogen-bond donors (Lipinski definition) is 2. The molecule has 2 heterocycles. The summed E-state index contributed by atoms with van der Waals surface area (Å²) in [6, 6.07) is 1.44. The van der Waals surface area contributed by atoms with Crippen molar-refractivity contribution in [1.82, 2.24) is 4.72 Å². The first-order chi connectivity index (χ1) is 10.4. The first-order valence-electron chi connectivity index (χ1n) is 5.59. The van der Waals surface area contributed by atoms with Gasteiger partial charge in [-0.3, -0.25) is 9.52 Å². The summed E-state index contributed by atoms with van der Waals surface area (Å²) < 4.78 is 26.9. The third-order valence-electron chi connectivity index (χ3n) is 2.35. The van der Waals surface area contributed by atoms with Crippen molar-refractivity contribution in [2.24, 2.45) is 15.4 Å². The number of carbonyl (C=O) groups is 1. The topological polar surface area (TPSA) is 100 Å². The summed E-state index contributed by atoms with van der Waals surface area (Å²) >= 11 is 9.89. The van der Waals surface area contributed by atoms with E-state index in [4.69, 9.17) is 12.2 Å². The number of thiophene rings is 1. The lowest BCUT2D eigenvalue weighted by Crippen LogP contribution is -2.25. The van der Waals surface area contributed by atoms with Gasteiger partial charge in [0.05, 0.1) is 22.4 Å². The average Bonchev–Trinajstić information content (AvgIpc) is 2.97. The Bertz CT molecular complexity index is 820. The van der Waals surface area contributed by atoms with E-state index in [-0.39, 0.29) is 21.2 Å². The summed E-state index contributed by atoms with van der Waals surface area (Å²) in [6.07, 6.45) is 4.01. The maximum atomic E-state index is 12.3. The molecule has 22 heavy (non-hydrogen) atoms. The molecular weight excluding hydrogens is 364 g/mol. The molecule has 1 aromatic rings. The second-order valence-corrected chi connectivity index (χ2v) is 7.03. The van der Waals surface area contributed by atoms with Crippen molar-refractivity contribution in [3.8, 4) is 0 Å². The fourth-order valence-electron chi connectivity index (χ4n) is 1.42. The summed E-state index contributed by atoms with van der Waals surface area (Å²) in [7, 11) is -3.86. The van der Waals surface area contributed by atoms with Crippen molar-refractivity contribution in [1.29, 1.82) is 0 Å². The van der Waals surface area contributed by atoms with E-state index in [0.717, 1.165) is 0 Å². The number of thiol groups is 1. The van der Waals surface area contributed by atoms with Gasteiger partial charge in [-0.25, -0.2) is 8.42 Å². The zero-order valence-electron chi connectivity index (χ0n) is 10.7.